The summed E-state index contributed by atoms with van der Waals surface area (Å²) in [5.41, 5.74) is 3.61. The number of hydrogen-bond donors (Lipinski definition) is 1. The maximum Gasteiger partial charge on any atom is 0.126 e. The zero-order valence-electron chi connectivity index (χ0n) is 9.55. The highest BCUT2D eigenvalue weighted by Crippen LogP contribution is 2.20. The number of halogens is 1. The molecule has 0 unspecified atom stereocenters. The molecule has 1 heterocycles. The van der Waals surface area contributed by atoms with E-state index in [1.54, 1.807) is 13.0 Å². The number of aromatic amines is 1. The highest BCUT2D eigenvalue weighted by atomic mass is 19.1. The Hall–Kier alpha value is -1.64. The predicted molar refractivity (Wildman–Crippen MR) is 62.7 cm³/mol. The number of benzene rings is 1. The molecule has 0 saturated heterocycles. The molecule has 0 radical (unpaired) electrons. The standard InChI is InChI=1S/C13H15FN2/c1-3-4-11-8-13(16-15-11)10-5-6-12(14)9(2)7-10/h5-8H,3-4H2,1-2H3,(H,15,16). The summed E-state index contributed by atoms with van der Waals surface area (Å²) in [6.45, 7) is 3.89. The third kappa shape index (κ3) is 2.13. The quantitative estimate of drug-likeness (QED) is 0.839. The number of nitrogens with one attached hydrogen (secondary N) is 1. The highest BCUT2D eigenvalue weighted by Gasteiger charge is 2.05. The van der Waals surface area contributed by atoms with Crippen molar-refractivity contribution in [3.05, 3.63) is 41.3 Å². The van der Waals surface area contributed by atoms with Crippen LogP contribution in [0.2, 0.25) is 0 Å². The van der Waals surface area contributed by atoms with Gasteiger partial charge in [-0.25, -0.2) is 4.39 Å². The van der Waals surface area contributed by atoms with Crippen molar-refractivity contribution in [2.75, 3.05) is 0 Å². The second-order valence-corrected chi connectivity index (χ2v) is 3.99. The summed E-state index contributed by atoms with van der Waals surface area (Å²) in [7, 11) is 0. The van der Waals surface area contributed by atoms with E-state index in [1.165, 1.54) is 6.07 Å². The average Bonchev–Trinajstić information content (AvgIpc) is 2.71. The molecule has 0 aliphatic carbocycles. The molecule has 0 fully saturated rings. The molecule has 0 aliphatic rings. The fourth-order valence-electron chi connectivity index (χ4n) is 1.71. The van der Waals surface area contributed by atoms with Crippen LogP contribution in [0.1, 0.15) is 24.6 Å². The molecule has 0 bridgehead atoms. The van der Waals surface area contributed by atoms with E-state index in [1.807, 2.05) is 12.1 Å². The van der Waals surface area contributed by atoms with Crippen molar-refractivity contribution in [1.82, 2.24) is 10.2 Å². The number of H-pyrrole nitrogens is 1. The number of nitrogens with zero attached hydrogens (tertiary/aromatic N) is 1. The normalized spacial score (nSPS) is 10.7. The first-order valence-electron chi connectivity index (χ1n) is 5.51. The smallest absolute Gasteiger partial charge is 0.126 e. The van der Waals surface area contributed by atoms with Gasteiger partial charge in [0, 0.05) is 11.3 Å². The second kappa shape index (κ2) is 4.47. The van der Waals surface area contributed by atoms with Gasteiger partial charge in [-0.2, -0.15) is 5.10 Å². The monoisotopic (exact) mass is 218 g/mol. The van der Waals surface area contributed by atoms with Crippen molar-refractivity contribution < 1.29 is 4.39 Å². The summed E-state index contributed by atoms with van der Waals surface area (Å²) >= 11 is 0. The first-order chi connectivity index (χ1) is 7.70. The largest absolute Gasteiger partial charge is 0.282 e. The van der Waals surface area contributed by atoms with Crippen LogP contribution in [0, 0.1) is 12.7 Å². The molecule has 0 aliphatic heterocycles. The van der Waals surface area contributed by atoms with Gasteiger partial charge >= 0.3 is 0 Å². The van der Waals surface area contributed by atoms with Crippen molar-refractivity contribution in [2.45, 2.75) is 26.7 Å². The van der Waals surface area contributed by atoms with E-state index in [0.717, 1.165) is 29.8 Å². The molecule has 16 heavy (non-hydrogen) atoms. The van der Waals surface area contributed by atoms with Gasteiger partial charge in [-0.1, -0.05) is 13.3 Å². The Kier molecular flexibility index (Phi) is 3.04. The Balaban J connectivity index is 2.31. The Labute approximate surface area is 94.5 Å². The van der Waals surface area contributed by atoms with Crippen LogP contribution in [0.3, 0.4) is 0 Å². The van der Waals surface area contributed by atoms with Crippen LogP contribution in [0.4, 0.5) is 4.39 Å². The molecule has 2 aromatic rings. The van der Waals surface area contributed by atoms with Crippen molar-refractivity contribution in [2.24, 2.45) is 0 Å². The summed E-state index contributed by atoms with van der Waals surface area (Å²) in [5.74, 6) is -0.173. The van der Waals surface area contributed by atoms with Crippen LogP contribution < -0.4 is 0 Å². The van der Waals surface area contributed by atoms with Gasteiger partial charge in [0.15, 0.2) is 0 Å². The summed E-state index contributed by atoms with van der Waals surface area (Å²) in [5, 5.41) is 7.22. The lowest BCUT2D eigenvalue weighted by Crippen LogP contribution is -1.84. The highest BCUT2D eigenvalue weighted by molar-refractivity contribution is 5.60. The molecule has 0 atom stereocenters. The van der Waals surface area contributed by atoms with Crippen LogP contribution in [-0.2, 0) is 6.42 Å². The third-order valence-electron chi connectivity index (χ3n) is 2.60. The first-order valence-corrected chi connectivity index (χ1v) is 5.51. The summed E-state index contributed by atoms with van der Waals surface area (Å²) < 4.78 is 13.1. The molecule has 2 rings (SSSR count). The van der Waals surface area contributed by atoms with Gasteiger partial charge in [-0.3, -0.25) is 5.10 Å². The molecule has 2 nitrogen and oxygen atoms in total. The molecule has 84 valence electrons. The minimum absolute atomic E-state index is 0.173. The van der Waals surface area contributed by atoms with Crippen LogP contribution in [0.25, 0.3) is 11.3 Å². The fraction of sp³-hybridized carbons (Fsp3) is 0.308. The summed E-state index contributed by atoms with van der Waals surface area (Å²) in [6.07, 6.45) is 2.08. The molecule has 0 saturated carbocycles. The lowest BCUT2D eigenvalue weighted by molar-refractivity contribution is 0.619. The van der Waals surface area contributed by atoms with E-state index in [4.69, 9.17) is 0 Å². The van der Waals surface area contributed by atoms with Crippen molar-refractivity contribution in [1.29, 1.82) is 0 Å². The lowest BCUT2D eigenvalue weighted by Gasteiger charge is -1.99. The van der Waals surface area contributed by atoms with E-state index in [-0.39, 0.29) is 5.82 Å². The molecule has 1 N–H and O–H groups in total. The fourth-order valence-corrected chi connectivity index (χ4v) is 1.71. The van der Waals surface area contributed by atoms with Crippen molar-refractivity contribution in [3.8, 4) is 11.3 Å². The Morgan fingerprint density at radius 3 is 2.81 bits per heavy atom. The summed E-state index contributed by atoms with van der Waals surface area (Å²) in [4.78, 5) is 0. The van der Waals surface area contributed by atoms with Gasteiger partial charge in [0.1, 0.15) is 5.82 Å². The van der Waals surface area contributed by atoms with Crippen molar-refractivity contribution >= 4 is 0 Å². The van der Waals surface area contributed by atoms with Crippen LogP contribution in [0.15, 0.2) is 24.3 Å². The molecule has 0 spiro atoms. The van der Waals surface area contributed by atoms with E-state index in [0.29, 0.717) is 5.56 Å². The zero-order chi connectivity index (χ0) is 11.5. The molecular formula is C13H15FN2. The van der Waals surface area contributed by atoms with Crippen molar-refractivity contribution in [3.63, 3.8) is 0 Å². The molecular weight excluding hydrogens is 203 g/mol. The van der Waals surface area contributed by atoms with Crippen LogP contribution >= 0.6 is 0 Å². The Morgan fingerprint density at radius 1 is 1.31 bits per heavy atom. The number of rotatable bonds is 3. The Morgan fingerprint density at radius 2 is 2.12 bits per heavy atom. The maximum atomic E-state index is 13.1. The molecule has 1 aromatic carbocycles. The second-order valence-electron chi connectivity index (χ2n) is 3.99. The minimum atomic E-state index is -0.173. The predicted octanol–water partition coefficient (Wildman–Crippen LogP) is 3.48. The van der Waals surface area contributed by atoms with Gasteiger partial charge in [0.05, 0.1) is 5.69 Å². The molecule has 0 amide bonds. The maximum absolute atomic E-state index is 13.1. The number of hydrogen-bond acceptors (Lipinski definition) is 1. The van der Waals surface area contributed by atoms with Gasteiger partial charge in [0.2, 0.25) is 0 Å². The van der Waals surface area contributed by atoms with Gasteiger partial charge in [-0.15, -0.1) is 0 Å². The first kappa shape index (κ1) is 10.9. The van der Waals surface area contributed by atoms with Crippen LogP contribution in [0.5, 0.6) is 0 Å². The van der Waals surface area contributed by atoms with E-state index in [2.05, 4.69) is 17.1 Å². The van der Waals surface area contributed by atoms with Gasteiger partial charge in [-0.05, 0) is 43.2 Å². The topological polar surface area (TPSA) is 28.7 Å². The lowest BCUT2D eigenvalue weighted by atomic mass is 10.1. The molecule has 3 heteroatoms. The summed E-state index contributed by atoms with van der Waals surface area (Å²) in [6, 6.07) is 7.09. The van der Waals surface area contributed by atoms with Gasteiger partial charge < -0.3 is 0 Å². The number of aromatic nitrogens is 2. The molecule has 1 aromatic heterocycles. The van der Waals surface area contributed by atoms with E-state index < -0.39 is 0 Å². The Bertz CT molecular complexity index is 488. The van der Waals surface area contributed by atoms with Gasteiger partial charge in [0.25, 0.3) is 0 Å². The SMILES string of the molecule is CCCc1cc(-c2ccc(F)c(C)c2)n[nH]1. The minimum Gasteiger partial charge on any atom is -0.282 e. The zero-order valence-corrected chi connectivity index (χ0v) is 9.55. The van der Waals surface area contributed by atoms with E-state index in [9.17, 15) is 4.39 Å². The average molecular weight is 218 g/mol. The van der Waals surface area contributed by atoms with Crippen LogP contribution in [-0.4, -0.2) is 10.2 Å². The third-order valence-corrected chi connectivity index (χ3v) is 2.60. The number of aryl methyl sites for hydroxylation is 2. The van der Waals surface area contributed by atoms with E-state index >= 15 is 0 Å².